The number of aromatic nitrogens is 1. The maximum atomic E-state index is 11.0. The Labute approximate surface area is 144 Å². The van der Waals surface area contributed by atoms with Crippen molar-refractivity contribution < 1.29 is 29.3 Å². The molecule has 0 fully saturated rings. The fourth-order valence-corrected chi connectivity index (χ4v) is 4.78. The van der Waals surface area contributed by atoms with E-state index in [4.69, 9.17) is 19.7 Å². The molecule has 0 atom stereocenters. The summed E-state index contributed by atoms with van der Waals surface area (Å²) in [7, 11) is 2.96. The second-order valence-electron chi connectivity index (χ2n) is 4.95. The molecule has 0 aliphatic rings. The SMILES string of the molecule is COc1c(CC(=O)O)sc2nc3c(OC)c(CC(=O)O)sc3cc12. The molecule has 0 spiro atoms. The van der Waals surface area contributed by atoms with Crippen LogP contribution in [0.2, 0.25) is 0 Å². The summed E-state index contributed by atoms with van der Waals surface area (Å²) >= 11 is 2.55. The molecule has 0 amide bonds. The maximum Gasteiger partial charge on any atom is 0.308 e. The Bertz CT molecular complexity index is 880. The van der Waals surface area contributed by atoms with Crippen LogP contribution in [-0.2, 0) is 22.4 Å². The molecule has 0 radical (unpaired) electrons. The van der Waals surface area contributed by atoms with Crippen molar-refractivity contribution in [1.82, 2.24) is 4.98 Å². The Morgan fingerprint density at radius 3 is 2.17 bits per heavy atom. The summed E-state index contributed by atoms with van der Waals surface area (Å²) in [6.07, 6.45) is -0.279. The molecule has 3 aromatic heterocycles. The van der Waals surface area contributed by atoms with E-state index in [-0.39, 0.29) is 12.8 Å². The van der Waals surface area contributed by atoms with Gasteiger partial charge >= 0.3 is 11.9 Å². The number of carbonyl (C=O) groups is 2. The summed E-state index contributed by atoms with van der Waals surface area (Å²) in [5, 5.41) is 18.8. The summed E-state index contributed by atoms with van der Waals surface area (Å²) in [5.41, 5.74) is 0.581. The molecule has 2 N–H and O–H groups in total. The van der Waals surface area contributed by atoms with E-state index in [1.165, 1.54) is 36.9 Å². The van der Waals surface area contributed by atoms with Crippen molar-refractivity contribution >= 4 is 55.0 Å². The molecular formula is C15H13NO6S2. The Morgan fingerprint density at radius 1 is 1.04 bits per heavy atom. The topological polar surface area (TPSA) is 106 Å². The first-order valence-corrected chi connectivity index (χ1v) is 8.47. The predicted molar refractivity (Wildman–Crippen MR) is 90.8 cm³/mol. The number of hydrogen-bond donors (Lipinski definition) is 2. The first kappa shape index (κ1) is 16.5. The van der Waals surface area contributed by atoms with Crippen molar-refractivity contribution in [3.8, 4) is 11.5 Å². The number of aliphatic carboxylic acids is 2. The zero-order valence-electron chi connectivity index (χ0n) is 12.8. The lowest BCUT2D eigenvalue weighted by Crippen LogP contribution is -1.99. The highest BCUT2D eigenvalue weighted by Gasteiger charge is 2.21. The fraction of sp³-hybridized carbons (Fsp3) is 0.267. The van der Waals surface area contributed by atoms with E-state index in [9.17, 15) is 9.59 Å². The van der Waals surface area contributed by atoms with Crippen molar-refractivity contribution in [2.45, 2.75) is 12.8 Å². The van der Waals surface area contributed by atoms with Crippen molar-refractivity contribution in [3.05, 3.63) is 15.8 Å². The molecule has 3 rings (SSSR count). The van der Waals surface area contributed by atoms with Gasteiger partial charge in [-0.05, 0) is 6.07 Å². The third-order valence-corrected chi connectivity index (χ3v) is 5.59. The molecule has 0 saturated carbocycles. The zero-order chi connectivity index (χ0) is 17.4. The van der Waals surface area contributed by atoms with E-state index in [1.807, 2.05) is 6.07 Å². The Balaban J connectivity index is 2.24. The number of pyridine rings is 1. The average molecular weight is 367 g/mol. The van der Waals surface area contributed by atoms with E-state index in [2.05, 4.69) is 4.98 Å². The number of hydrogen-bond acceptors (Lipinski definition) is 7. The lowest BCUT2D eigenvalue weighted by Gasteiger charge is -2.01. The lowest BCUT2D eigenvalue weighted by atomic mass is 10.2. The highest BCUT2D eigenvalue weighted by molar-refractivity contribution is 7.20. The van der Waals surface area contributed by atoms with Gasteiger partial charge in [-0.2, -0.15) is 0 Å². The Morgan fingerprint density at radius 2 is 1.62 bits per heavy atom. The number of ether oxygens (including phenoxy) is 2. The van der Waals surface area contributed by atoms with Gasteiger partial charge in [0.05, 0.1) is 46.9 Å². The van der Waals surface area contributed by atoms with Crippen LogP contribution in [0.4, 0.5) is 0 Å². The van der Waals surface area contributed by atoms with Crippen LogP contribution in [0.25, 0.3) is 20.4 Å². The summed E-state index contributed by atoms with van der Waals surface area (Å²) in [5.74, 6) is -0.934. The van der Waals surface area contributed by atoms with Crippen molar-refractivity contribution in [1.29, 1.82) is 0 Å². The van der Waals surface area contributed by atoms with Crippen LogP contribution in [0.1, 0.15) is 9.75 Å². The lowest BCUT2D eigenvalue weighted by molar-refractivity contribution is -0.137. The van der Waals surface area contributed by atoms with Crippen LogP contribution in [0.3, 0.4) is 0 Å². The molecule has 0 aliphatic heterocycles. The van der Waals surface area contributed by atoms with Gasteiger partial charge in [0, 0.05) is 0 Å². The molecule has 7 nitrogen and oxygen atoms in total. The number of carboxylic acid groups (broad SMARTS) is 2. The molecular weight excluding hydrogens is 354 g/mol. The second kappa shape index (κ2) is 6.25. The van der Waals surface area contributed by atoms with E-state index < -0.39 is 11.9 Å². The molecule has 0 aliphatic carbocycles. The molecule has 9 heteroatoms. The van der Waals surface area contributed by atoms with Gasteiger partial charge in [-0.25, -0.2) is 4.98 Å². The van der Waals surface area contributed by atoms with Gasteiger partial charge in [-0.3, -0.25) is 9.59 Å². The summed E-state index contributed by atoms with van der Waals surface area (Å²) in [6.45, 7) is 0. The molecule has 3 heterocycles. The van der Waals surface area contributed by atoms with Crippen LogP contribution in [-0.4, -0.2) is 41.4 Å². The minimum absolute atomic E-state index is 0.140. The van der Waals surface area contributed by atoms with Crippen molar-refractivity contribution in [3.63, 3.8) is 0 Å². The minimum atomic E-state index is -0.942. The molecule has 0 bridgehead atoms. The van der Waals surface area contributed by atoms with Gasteiger partial charge in [0.15, 0.2) is 5.75 Å². The highest BCUT2D eigenvalue weighted by Crippen LogP contribution is 2.43. The molecule has 126 valence electrons. The number of fused-ring (bicyclic) bond motifs is 2. The maximum absolute atomic E-state index is 11.0. The Hall–Kier alpha value is -2.39. The molecule has 0 saturated heterocycles. The molecule has 0 unspecified atom stereocenters. The van der Waals surface area contributed by atoms with Gasteiger partial charge < -0.3 is 19.7 Å². The number of rotatable bonds is 6. The summed E-state index contributed by atoms with van der Waals surface area (Å²) < 4.78 is 11.5. The van der Waals surface area contributed by atoms with E-state index in [0.717, 1.165) is 10.1 Å². The largest absolute Gasteiger partial charge is 0.495 e. The second-order valence-corrected chi connectivity index (χ2v) is 7.17. The first-order chi connectivity index (χ1) is 11.4. The number of carboxylic acids is 2. The van der Waals surface area contributed by atoms with Crippen molar-refractivity contribution in [2.24, 2.45) is 0 Å². The Kier molecular flexibility index (Phi) is 4.29. The van der Waals surface area contributed by atoms with Gasteiger partial charge in [0.1, 0.15) is 16.1 Å². The standard InChI is InChI=1S/C15H13NO6S2/c1-21-13-6-3-7-12(14(22-2)9(23-7)5-11(19)20)16-15(6)24-8(13)4-10(17)18/h3H,4-5H2,1-2H3,(H,17,18)(H,19,20). The van der Waals surface area contributed by atoms with Crippen molar-refractivity contribution in [2.75, 3.05) is 14.2 Å². The molecule has 0 aromatic carbocycles. The molecule has 3 aromatic rings. The number of nitrogens with zero attached hydrogens (tertiary/aromatic N) is 1. The summed E-state index contributed by atoms with van der Waals surface area (Å²) in [6, 6.07) is 1.84. The van der Waals surface area contributed by atoms with Crippen LogP contribution in [0.15, 0.2) is 6.07 Å². The highest BCUT2D eigenvalue weighted by atomic mass is 32.1. The van der Waals surface area contributed by atoms with Gasteiger partial charge in [-0.15, -0.1) is 22.7 Å². The third-order valence-electron chi connectivity index (χ3n) is 3.40. The fourth-order valence-electron chi connectivity index (χ4n) is 2.53. The van der Waals surface area contributed by atoms with Crippen LogP contribution < -0.4 is 9.47 Å². The van der Waals surface area contributed by atoms with Gasteiger partial charge in [0.25, 0.3) is 0 Å². The quantitative estimate of drug-likeness (QED) is 0.690. The normalized spacial score (nSPS) is 11.1. The number of methoxy groups -OCH3 is 2. The van der Waals surface area contributed by atoms with Crippen LogP contribution in [0, 0.1) is 0 Å². The van der Waals surface area contributed by atoms with E-state index >= 15 is 0 Å². The average Bonchev–Trinajstić information content (AvgIpc) is 2.99. The van der Waals surface area contributed by atoms with Gasteiger partial charge in [-0.1, -0.05) is 0 Å². The van der Waals surface area contributed by atoms with Crippen LogP contribution >= 0.6 is 22.7 Å². The summed E-state index contributed by atoms with van der Waals surface area (Å²) in [4.78, 5) is 28.4. The van der Waals surface area contributed by atoms with E-state index in [0.29, 0.717) is 31.6 Å². The van der Waals surface area contributed by atoms with Gasteiger partial charge in [0.2, 0.25) is 0 Å². The first-order valence-electron chi connectivity index (χ1n) is 6.84. The zero-order valence-corrected chi connectivity index (χ0v) is 14.4. The minimum Gasteiger partial charge on any atom is -0.495 e. The van der Waals surface area contributed by atoms with Crippen LogP contribution in [0.5, 0.6) is 11.5 Å². The smallest absolute Gasteiger partial charge is 0.308 e. The third kappa shape index (κ3) is 2.76. The van der Waals surface area contributed by atoms with E-state index in [1.54, 1.807) is 0 Å². The number of thiophene rings is 2. The predicted octanol–water partition coefficient (Wildman–Crippen LogP) is 2.78. The monoisotopic (exact) mass is 367 g/mol. The molecule has 24 heavy (non-hydrogen) atoms.